The summed E-state index contributed by atoms with van der Waals surface area (Å²) < 4.78 is 10.5. The molecule has 1 aliphatic rings. The lowest BCUT2D eigenvalue weighted by atomic mass is 9.98. The lowest BCUT2D eigenvalue weighted by Crippen LogP contribution is -2.55. The van der Waals surface area contributed by atoms with E-state index in [1.54, 1.807) is 37.3 Å². The van der Waals surface area contributed by atoms with Crippen molar-refractivity contribution in [2.45, 2.75) is 51.6 Å². The molecule has 1 aromatic rings. The van der Waals surface area contributed by atoms with Gasteiger partial charge in [-0.2, -0.15) is 0 Å². The molecule has 2 amide bonds. The van der Waals surface area contributed by atoms with Gasteiger partial charge in [0.15, 0.2) is 0 Å². The maximum absolute atomic E-state index is 13.1. The van der Waals surface area contributed by atoms with Gasteiger partial charge in [0.05, 0.1) is 14.2 Å². The van der Waals surface area contributed by atoms with Crippen molar-refractivity contribution in [3.8, 4) is 11.5 Å². The molecule has 6 heteroatoms. The second kappa shape index (κ2) is 7.76. The number of carbonyl (C=O) groups excluding carboxylic acids is 2. The van der Waals surface area contributed by atoms with Crippen molar-refractivity contribution >= 4 is 11.8 Å². The van der Waals surface area contributed by atoms with Crippen LogP contribution in [0.25, 0.3) is 0 Å². The molecule has 1 aromatic carbocycles. The maximum atomic E-state index is 13.1. The van der Waals surface area contributed by atoms with Gasteiger partial charge in [0, 0.05) is 23.7 Å². The van der Waals surface area contributed by atoms with Crippen molar-refractivity contribution in [1.29, 1.82) is 0 Å². The van der Waals surface area contributed by atoms with Crippen molar-refractivity contribution in [1.82, 2.24) is 10.2 Å². The summed E-state index contributed by atoms with van der Waals surface area (Å²) in [5, 5.41) is 2.99. The summed E-state index contributed by atoms with van der Waals surface area (Å²) in [6, 6.07) is 4.63. The molecule has 0 saturated carbocycles. The Bertz CT molecular complexity index is 615. The predicted molar refractivity (Wildman–Crippen MR) is 96.1 cm³/mol. The molecule has 0 aliphatic carbocycles. The zero-order chi connectivity index (χ0) is 18.6. The lowest BCUT2D eigenvalue weighted by Gasteiger charge is -2.36. The highest BCUT2D eigenvalue weighted by Gasteiger charge is 2.34. The van der Waals surface area contributed by atoms with E-state index < -0.39 is 6.04 Å². The molecular weight excluding hydrogens is 320 g/mol. The lowest BCUT2D eigenvalue weighted by molar-refractivity contribution is -0.128. The topological polar surface area (TPSA) is 67.9 Å². The van der Waals surface area contributed by atoms with Gasteiger partial charge in [-0.1, -0.05) is 0 Å². The minimum atomic E-state index is -0.447. The number of nitrogens with zero attached hydrogens (tertiary/aromatic N) is 1. The van der Waals surface area contributed by atoms with E-state index >= 15 is 0 Å². The van der Waals surface area contributed by atoms with Gasteiger partial charge in [-0.15, -0.1) is 0 Å². The number of hydrogen-bond donors (Lipinski definition) is 1. The summed E-state index contributed by atoms with van der Waals surface area (Å²) in [5.74, 6) is 0.826. The number of amides is 2. The Morgan fingerprint density at radius 3 is 2.20 bits per heavy atom. The summed E-state index contributed by atoms with van der Waals surface area (Å²) in [6.45, 7) is 6.38. The van der Waals surface area contributed by atoms with Crippen molar-refractivity contribution in [3.63, 3.8) is 0 Å². The van der Waals surface area contributed by atoms with Gasteiger partial charge in [-0.05, 0) is 52.2 Å². The molecule has 2 rings (SSSR count). The zero-order valence-electron chi connectivity index (χ0n) is 15.7. The molecular formula is C19H28N2O4. The second-order valence-electron chi connectivity index (χ2n) is 7.35. The zero-order valence-corrected chi connectivity index (χ0v) is 15.7. The Morgan fingerprint density at radius 2 is 1.68 bits per heavy atom. The van der Waals surface area contributed by atoms with Crippen LogP contribution in [0.5, 0.6) is 11.5 Å². The Morgan fingerprint density at radius 1 is 1.08 bits per heavy atom. The molecule has 1 heterocycles. The van der Waals surface area contributed by atoms with Crippen LogP contribution in [0.2, 0.25) is 0 Å². The van der Waals surface area contributed by atoms with Gasteiger partial charge >= 0.3 is 0 Å². The number of hydrogen-bond acceptors (Lipinski definition) is 4. The Balaban J connectivity index is 2.27. The molecule has 1 fully saturated rings. The first-order chi connectivity index (χ1) is 11.7. The van der Waals surface area contributed by atoms with Crippen LogP contribution in [0.4, 0.5) is 0 Å². The molecule has 6 nitrogen and oxygen atoms in total. The van der Waals surface area contributed by atoms with Gasteiger partial charge < -0.3 is 19.7 Å². The van der Waals surface area contributed by atoms with E-state index in [0.717, 1.165) is 12.8 Å². The van der Waals surface area contributed by atoms with E-state index in [-0.39, 0.29) is 17.4 Å². The summed E-state index contributed by atoms with van der Waals surface area (Å²) >= 11 is 0. The number of ether oxygens (including phenoxy) is 2. The summed E-state index contributed by atoms with van der Waals surface area (Å²) in [4.78, 5) is 27.4. The number of rotatable bonds is 4. The fourth-order valence-electron chi connectivity index (χ4n) is 3.00. The molecule has 0 spiro atoms. The predicted octanol–water partition coefficient (Wildman–Crippen LogP) is 2.61. The number of likely N-dealkylation sites (tertiary alicyclic amines) is 1. The highest BCUT2D eigenvalue weighted by molar-refractivity contribution is 5.98. The van der Waals surface area contributed by atoms with Crippen LogP contribution >= 0.6 is 0 Å². The van der Waals surface area contributed by atoms with E-state index in [0.29, 0.717) is 30.0 Å². The van der Waals surface area contributed by atoms with Crippen molar-refractivity contribution in [3.05, 3.63) is 23.8 Å². The molecule has 0 radical (unpaired) electrons. The van der Waals surface area contributed by atoms with Crippen LogP contribution in [0, 0.1) is 0 Å². The van der Waals surface area contributed by atoms with E-state index in [4.69, 9.17) is 9.47 Å². The van der Waals surface area contributed by atoms with Gasteiger partial charge in [-0.3, -0.25) is 9.59 Å². The van der Waals surface area contributed by atoms with Crippen LogP contribution in [-0.4, -0.2) is 49.1 Å². The molecule has 0 bridgehead atoms. The van der Waals surface area contributed by atoms with Gasteiger partial charge in [0.25, 0.3) is 5.91 Å². The fraction of sp³-hybridized carbons (Fsp3) is 0.579. The first-order valence-electron chi connectivity index (χ1n) is 8.61. The fourth-order valence-corrected chi connectivity index (χ4v) is 3.00. The van der Waals surface area contributed by atoms with Gasteiger partial charge in [-0.25, -0.2) is 0 Å². The summed E-state index contributed by atoms with van der Waals surface area (Å²) in [7, 11) is 3.09. The van der Waals surface area contributed by atoms with Crippen LogP contribution in [-0.2, 0) is 4.79 Å². The van der Waals surface area contributed by atoms with E-state index in [2.05, 4.69) is 5.32 Å². The third-order valence-electron chi connectivity index (χ3n) is 4.16. The monoisotopic (exact) mass is 348 g/mol. The molecule has 1 aliphatic heterocycles. The summed E-state index contributed by atoms with van der Waals surface area (Å²) in [6.07, 6.45) is 2.51. The van der Waals surface area contributed by atoms with E-state index in [1.807, 2.05) is 20.8 Å². The first kappa shape index (κ1) is 19.1. The second-order valence-corrected chi connectivity index (χ2v) is 7.35. The molecule has 138 valence electrons. The van der Waals surface area contributed by atoms with Crippen LogP contribution in [0.3, 0.4) is 0 Å². The normalized spacial score (nSPS) is 17.8. The first-order valence-corrected chi connectivity index (χ1v) is 8.61. The summed E-state index contributed by atoms with van der Waals surface area (Å²) in [5.41, 5.74) is 0.134. The van der Waals surface area contributed by atoms with Crippen molar-refractivity contribution in [2.24, 2.45) is 0 Å². The molecule has 1 N–H and O–H groups in total. The van der Waals surface area contributed by atoms with Crippen molar-refractivity contribution < 1.29 is 19.1 Å². The minimum Gasteiger partial charge on any atom is -0.497 e. The maximum Gasteiger partial charge on any atom is 0.254 e. The Kier molecular flexibility index (Phi) is 5.93. The van der Waals surface area contributed by atoms with Crippen LogP contribution < -0.4 is 14.8 Å². The number of methoxy groups -OCH3 is 2. The molecule has 1 saturated heterocycles. The van der Waals surface area contributed by atoms with Crippen molar-refractivity contribution in [2.75, 3.05) is 20.8 Å². The Labute approximate surface area is 149 Å². The molecule has 0 aromatic heterocycles. The number of nitrogens with one attached hydrogen (secondary N) is 1. The van der Waals surface area contributed by atoms with Gasteiger partial charge in [0.2, 0.25) is 5.91 Å². The quantitative estimate of drug-likeness (QED) is 0.908. The highest BCUT2D eigenvalue weighted by Crippen LogP contribution is 2.26. The third-order valence-corrected chi connectivity index (χ3v) is 4.16. The number of benzene rings is 1. The number of piperidine rings is 1. The minimum absolute atomic E-state index is 0.101. The van der Waals surface area contributed by atoms with Crippen LogP contribution in [0.15, 0.2) is 18.2 Å². The molecule has 0 unspecified atom stereocenters. The molecule has 25 heavy (non-hydrogen) atoms. The standard InChI is InChI=1S/C19H28N2O4/c1-19(2,3)20-17(22)16-8-6-7-9-21(16)18(23)13-10-14(24-4)12-15(11-13)25-5/h10-12,16H,6-9H2,1-5H3,(H,20,22)/t16-/m1/s1. The SMILES string of the molecule is COc1cc(OC)cc(C(=O)N2CCCC[C@@H]2C(=O)NC(C)(C)C)c1. The number of carbonyl (C=O) groups is 2. The average Bonchev–Trinajstić information content (AvgIpc) is 2.59. The third kappa shape index (κ3) is 4.87. The Hall–Kier alpha value is -2.24. The van der Waals surface area contributed by atoms with E-state index in [9.17, 15) is 9.59 Å². The molecule has 1 atom stereocenters. The average molecular weight is 348 g/mol. The van der Waals surface area contributed by atoms with E-state index in [1.165, 1.54) is 0 Å². The van der Waals surface area contributed by atoms with Gasteiger partial charge in [0.1, 0.15) is 17.5 Å². The highest BCUT2D eigenvalue weighted by atomic mass is 16.5. The largest absolute Gasteiger partial charge is 0.497 e. The smallest absolute Gasteiger partial charge is 0.254 e. The van der Waals surface area contributed by atoms with Crippen LogP contribution in [0.1, 0.15) is 50.4 Å².